The Balaban J connectivity index is 1.59. The molecule has 0 N–H and O–H groups in total. The van der Waals surface area contributed by atoms with Gasteiger partial charge in [-0.15, -0.1) is 0 Å². The monoisotopic (exact) mass is 433 g/mol. The summed E-state index contributed by atoms with van der Waals surface area (Å²) >= 11 is 8.05. The van der Waals surface area contributed by atoms with E-state index in [1.165, 1.54) is 0 Å². The third-order valence-corrected chi connectivity index (χ3v) is 6.43. The van der Waals surface area contributed by atoms with Crippen molar-refractivity contribution >= 4 is 35.2 Å². The molecule has 29 heavy (non-hydrogen) atoms. The number of halogens is 1. The quantitative estimate of drug-likeness (QED) is 0.664. The van der Waals surface area contributed by atoms with Gasteiger partial charge in [-0.2, -0.15) is 0 Å². The average molecular weight is 434 g/mol. The number of piperazine rings is 1. The first-order chi connectivity index (χ1) is 14.1. The Kier molecular flexibility index (Phi) is 6.80. The number of morpholine rings is 1. The van der Waals surface area contributed by atoms with Gasteiger partial charge in [0.15, 0.2) is 5.82 Å². The number of hydrogen-bond acceptors (Lipinski definition) is 7. The van der Waals surface area contributed by atoms with Crippen LogP contribution in [0.5, 0.6) is 0 Å². The second-order valence-corrected chi connectivity index (χ2v) is 9.68. The smallest absolute Gasteiger partial charge is 0.155 e. The van der Waals surface area contributed by atoms with Crippen LogP contribution < -0.4 is 9.80 Å². The van der Waals surface area contributed by atoms with E-state index in [4.69, 9.17) is 26.3 Å². The van der Waals surface area contributed by atoms with Crippen LogP contribution >= 0.6 is 23.5 Å². The first-order valence-electron chi connectivity index (χ1n) is 10.2. The van der Waals surface area contributed by atoms with Crippen molar-refractivity contribution in [3.05, 3.63) is 35.5 Å². The predicted octanol–water partition coefficient (Wildman–Crippen LogP) is 3.81. The van der Waals surface area contributed by atoms with Crippen LogP contribution in [0.3, 0.4) is 0 Å². The summed E-state index contributed by atoms with van der Waals surface area (Å²) in [5.41, 5.74) is 1.96. The second-order valence-electron chi connectivity index (χ2n) is 7.58. The van der Waals surface area contributed by atoms with Gasteiger partial charge in [0.2, 0.25) is 0 Å². The molecule has 0 atom stereocenters. The van der Waals surface area contributed by atoms with E-state index in [-0.39, 0.29) is 0 Å². The molecule has 6 nitrogen and oxygen atoms in total. The molecule has 0 bridgehead atoms. The summed E-state index contributed by atoms with van der Waals surface area (Å²) in [5.74, 6) is 1.87. The van der Waals surface area contributed by atoms with Crippen LogP contribution in [0.15, 0.2) is 30.5 Å². The lowest BCUT2D eigenvalue weighted by Crippen LogP contribution is -2.44. The Labute approximate surface area is 182 Å². The molecule has 4 rings (SSSR count). The van der Waals surface area contributed by atoms with Crippen molar-refractivity contribution in [2.45, 2.75) is 19.1 Å². The molecular formula is C21H28ClN5OS. The molecule has 2 aromatic rings. The van der Waals surface area contributed by atoms with Crippen LogP contribution in [0.1, 0.15) is 13.8 Å². The predicted molar refractivity (Wildman–Crippen MR) is 122 cm³/mol. The highest BCUT2D eigenvalue weighted by Gasteiger charge is 2.23. The Morgan fingerprint density at radius 2 is 1.66 bits per heavy atom. The number of rotatable bonds is 5. The molecule has 1 aromatic heterocycles. The van der Waals surface area contributed by atoms with Crippen molar-refractivity contribution in [1.82, 2.24) is 14.3 Å². The van der Waals surface area contributed by atoms with Crippen molar-refractivity contribution in [3.63, 3.8) is 0 Å². The molecule has 2 fully saturated rings. The maximum absolute atomic E-state index is 6.11. The molecule has 2 saturated heterocycles. The molecule has 2 aliphatic rings. The van der Waals surface area contributed by atoms with E-state index in [9.17, 15) is 0 Å². The lowest BCUT2D eigenvalue weighted by Gasteiger charge is -2.36. The summed E-state index contributed by atoms with van der Waals surface area (Å²) in [6.45, 7) is 11.6. The molecule has 0 amide bonds. The largest absolute Gasteiger partial charge is 0.378 e. The van der Waals surface area contributed by atoms with Gasteiger partial charge in [0.05, 0.1) is 19.4 Å². The van der Waals surface area contributed by atoms with E-state index >= 15 is 0 Å². The standard InChI is InChI=1S/C21H28ClN5OS/c1-16(2)29-27-9-7-25(8-10-27)19-15-23-21(26-11-13-28-14-12-26)20(24-19)17-3-5-18(22)6-4-17/h3-6,15-16H,7-14H2,1-2H3. The number of anilines is 2. The lowest BCUT2D eigenvalue weighted by atomic mass is 10.1. The minimum atomic E-state index is 0.616. The van der Waals surface area contributed by atoms with Crippen LogP contribution in [-0.2, 0) is 4.74 Å². The fourth-order valence-electron chi connectivity index (χ4n) is 3.65. The van der Waals surface area contributed by atoms with Crippen molar-refractivity contribution in [2.24, 2.45) is 0 Å². The zero-order chi connectivity index (χ0) is 20.2. The zero-order valence-electron chi connectivity index (χ0n) is 17.1. The Hall–Kier alpha value is -1.54. The highest BCUT2D eigenvalue weighted by atomic mass is 35.5. The van der Waals surface area contributed by atoms with Crippen LogP contribution in [0.25, 0.3) is 11.3 Å². The van der Waals surface area contributed by atoms with Gasteiger partial charge in [0.25, 0.3) is 0 Å². The first-order valence-corrected chi connectivity index (χ1v) is 11.4. The van der Waals surface area contributed by atoms with Gasteiger partial charge in [-0.1, -0.05) is 49.5 Å². The van der Waals surface area contributed by atoms with Gasteiger partial charge in [-0.3, -0.25) is 0 Å². The van der Waals surface area contributed by atoms with E-state index in [0.29, 0.717) is 5.25 Å². The molecule has 156 valence electrons. The van der Waals surface area contributed by atoms with Gasteiger partial charge in [0.1, 0.15) is 11.5 Å². The number of ether oxygens (including phenoxy) is 1. The highest BCUT2D eigenvalue weighted by molar-refractivity contribution is 7.97. The SMILES string of the molecule is CC(C)SN1CCN(c2cnc(N3CCOCC3)c(-c3ccc(Cl)cc3)n2)CC1. The Morgan fingerprint density at radius 3 is 2.31 bits per heavy atom. The Bertz CT molecular complexity index is 805. The van der Waals surface area contributed by atoms with Crippen molar-refractivity contribution in [3.8, 4) is 11.3 Å². The summed E-state index contributed by atoms with van der Waals surface area (Å²) in [5, 5.41) is 1.34. The Morgan fingerprint density at radius 1 is 0.966 bits per heavy atom. The molecule has 0 saturated carbocycles. The molecule has 0 spiro atoms. The summed E-state index contributed by atoms with van der Waals surface area (Å²) < 4.78 is 7.97. The lowest BCUT2D eigenvalue weighted by molar-refractivity contribution is 0.122. The van der Waals surface area contributed by atoms with Gasteiger partial charge in [-0.25, -0.2) is 14.3 Å². The summed E-state index contributed by atoms with van der Waals surface area (Å²) in [7, 11) is 0. The van der Waals surface area contributed by atoms with Crippen molar-refractivity contribution < 1.29 is 4.74 Å². The van der Waals surface area contributed by atoms with Crippen molar-refractivity contribution in [2.75, 3.05) is 62.3 Å². The van der Waals surface area contributed by atoms with E-state index in [1.807, 2.05) is 42.4 Å². The van der Waals surface area contributed by atoms with Gasteiger partial charge < -0.3 is 14.5 Å². The summed E-state index contributed by atoms with van der Waals surface area (Å²) in [4.78, 5) is 14.5. The number of benzene rings is 1. The molecule has 2 aliphatic heterocycles. The van der Waals surface area contributed by atoms with E-state index < -0.39 is 0 Å². The third kappa shape index (κ3) is 5.15. The minimum absolute atomic E-state index is 0.616. The average Bonchev–Trinajstić information content (AvgIpc) is 2.75. The van der Waals surface area contributed by atoms with Crippen LogP contribution in [0, 0.1) is 0 Å². The summed E-state index contributed by atoms with van der Waals surface area (Å²) in [6, 6.07) is 7.88. The molecular weight excluding hydrogens is 406 g/mol. The maximum Gasteiger partial charge on any atom is 0.155 e. The normalized spacial score (nSPS) is 18.5. The van der Waals surface area contributed by atoms with Crippen LogP contribution in [0.2, 0.25) is 5.02 Å². The fraction of sp³-hybridized carbons (Fsp3) is 0.524. The number of aromatic nitrogens is 2. The van der Waals surface area contributed by atoms with Crippen molar-refractivity contribution in [1.29, 1.82) is 0 Å². The minimum Gasteiger partial charge on any atom is -0.378 e. The maximum atomic E-state index is 6.11. The molecule has 0 aliphatic carbocycles. The van der Waals surface area contributed by atoms with Crippen LogP contribution in [-0.4, -0.2) is 72.0 Å². The molecule has 0 unspecified atom stereocenters. The molecule has 8 heteroatoms. The molecule has 0 radical (unpaired) electrons. The highest BCUT2D eigenvalue weighted by Crippen LogP contribution is 2.31. The number of nitrogens with zero attached hydrogens (tertiary/aromatic N) is 5. The van der Waals surface area contributed by atoms with Crippen LogP contribution in [0.4, 0.5) is 11.6 Å². The third-order valence-electron chi connectivity index (χ3n) is 5.09. The molecule has 3 heterocycles. The number of hydrogen-bond donors (Lipinski definition) is 0. The first kappa shape index (κ1) is 20.7. The summed E-state index contributed by atoms with van der Waals surface area (Å²) in [6.07, 6.45) is 1.93. The van der Waals surface area contributed by atoms with E-state index in [1.54, 1.807) is 0 Å². The second kappa shape index (κ2) is 9.51. The topological polar surface area (TPSA) is 44.7 Å². The van der Waals surface area contributed by atoms with Gasteiger partial charge in [-0.05, 0) is 12.1 Å². The zero-order valence-corrected chi connectivity index (χ0v) is 18.6. The molecule has 1 aromatic carbocycles. The van der Waals surface area contributed by atoms with Gasteiger partial charge in [0, 0.05) is 55.1 Å². The van der Waals surface area contributed by atoms with E-state index in [2.05, 4.69) is 28.0 Å². The fourth-order valence-corrected chi connectivity index (χ4v) is 4.75. The van der Waals surface area contributed by atoms with Gasteiger partial charge >= 0.3 is 0 Å². The van der Waals surface area contributed by atoms with E-state index in [0.717, 1.165) is 80.4 Å².